The van der Waals surface area contributed by atoms with E-state index in [0.717, 1.165) is 6.42 Å². The summed E-state index contributed by atoms with van der Waals surface area (Å²) in [7, 11) is 0. The van der Waals surface area contributed by atoms with Gasteiger partial charge in [0.2, 0.25) is 0 Å². The lowest BCUT2D eigenvalue weighted by molar-refractivity contribution is 0.0609. The van der Waals surface area contributed by atoms with E-state index in [9.17, 15) is 15.3 Å². The van der Waals surface area contributed by atoms with Gasteiger partial charge >= 0.3 is 0 Å². The molecule has 0 aromatic carbocycles. The molecular weight excluding hydrogens is 360 g/mol. The molecule has 0 amide bonds. The smallest absolute Gasteiger partial charge is 0.119 e. The zero-order valence-corrected chi connectivity index (χ0v) is 18.7. The molecule has 3 aliphatic rings. The molecule has 0 bridgehead atoms. The Labute approximate surface area is 177 Å². The molecule has 3 N–H and O–H groups in total. The highest BCUT2D eigenvalue weighted by molar-refractivity contribution is 5.26. The monoisotopic (exact) mass is 400 g/mol. The van der Waals surface area contributed by atoms with Crippen LogP contribution < -0.4 is 0 Å². The van der Waals surface area contributed by atoms with Gasteiger partial charge in [0.15, 0.2) is 0 Å². The van der Waals surface area contributed by atoms with Crippen molar-refractivity contribution in [2.24, 2.45) is 23.2 Å². The number of allylic oxidation sites excluding steroid dienone is 3. The first-order chi connectivity index (χ1) is 13.6. The Bertz CT molecular complexity index is 690. The standard InChI is InChI=1S/C26H40O3/c1-18(7-5-13-25(2,3)29)23-11-12-24-20(8-6-14-26(23,24)4)10-9-19-15-21(27)17-22(28)16-19/h9-10,18,21-24,27-29H,6-8,11-12,14-17H2,1-4H3/t18?,21-,22?,23?,24?,26-/m1/s1. The summed E-state index contributed by atoms with van der Waals surface area (Å²) in [6.45, 7) is 8.31. The lowest BCUT2D eigenvalue weighted by Gasteiger charge is -2.44. The van der Waals surface area contributed by atoms with E-state index < -0.39 is 17.8 Å². The van der Waals surface area contributed by atoms with Crippen molar-refractivity contribution < 1.29 is 15.3 Å². The molecule has 0 heterocycles. The van der Waals surface area contributed by atoms with E-state index in [-0.39, 0.29) is 0 Å². The lowest BCUT2D eigenvalue weighted by Crippen LogP contribution is -2.36. The second kappa shape index (κ2) is 8.96. The SMILES string of the molecule is CC(CC#CC(C)(C)O)C1CCC2C(=CC=C3CC(O)C[C@H](O)C3)CCC[C@@]21C. The van der Waals surface area contributed by atoms with Crippen LogP contribution in [-0.4, -0.2) is 33.1 Å². The predicted octanol–water partition coefficient (Wildman–Crippen LogP) is 4.76. The maximum absolute atomic E-state index is 9.95. The minimum atomic E-state index is -0.906. The van der Waals surface area contributed by atoms with Gasteiger partial charge in [0, 0.05) is 6.42 Å². The van der Waals surface area contributed by atoms with Crippen molar-refractivity contribution in [2.45, 2.75) is 103 Å². The van der Waals surface area contributed by atoms with Gasteiger partial charge in [0.1, 0.15) is 5.60 Å². The summed E-state index contributed by atoms with van der Waals surface area (Å²) in [5.74, 6) is 8.07. The van der Waals surface area contributed by atoms with E-state index in [1.54, 1.807) is 19.4 Å². The fourth-order valence-corrected chi connectivity index (χ4v) is 6.32. The number of aliphatic hydroxyl groups is 3. The number of rotatable bonds is 3. The molecule has 162 valence electrons. The van der Waals surface area contributed by atoms with Crippen LogP contribution in [-0.2, 0) is 0 Å². The first kappa shape index (κ1) is 22.6. The summed E-state index contributed by atoms with van der Waals surface area (Å²) < 4.78 is 0. The van der Waals surface area contributed by atoms with E-state index >= 15 is 0 Å². The highest BCUT2D eigenvalue weighted by Gasteiger charge is 2.50. The Balaban J connectivity index is 1.71. The van der Waals surface area contributed by atoms with Crippen LogP contribution >= 0.6 is 0 Å². The minimum absolute atomic E-state index is 0.337. The van der Waals surface area contributed by atoms with Crippen LogP contribution in [0.5, 0.6) is 0 Å². The zero-order valence-electron chi connectivity index (χ0n) is 18.7. The van der Waals surface area contributed by atoms with Gasteiger partial charge < -0.3 is 15.3 Å². The Morgan fingerprint density at radius 3 is 2.52 bits per heavy atom. The van der Waals surface area contributed by atoms with Crippen LogP contribution in [0.3, 0.4) is 0 Å². The highest BCUT2D eigenvalue weighted by atomic mass is 16.3. The van der Waals surface area contributed by atoms with E-state index in [0.29, 0.717) is 42.4 Å². The Kier molecular flexibility index (Phi) is 6.99. The minimum Gasteiger partial charge on any atom is -0.393 e. The third-order valence-corrected chi connectivity index (χ3v) is 7.62. The molecule has 0 spiro atoms. The van der Waals surface area contributed by atoms with E-state index in [2.05, 4.69) is 37.8 Å². The van der Waals surface area contributed by atoms with Crippen molar-refractivity contribution in [3.63, 3.8) is 0 Å². The molecule has 6 atom stereocenters. The largest absolute Gasteiger partial charge is 0.393 e. The van der Waals surface area contributed by atoms with Crippen LogP contribution in [0.1, 0.15) is 85.5 Å². The Morgan fingerprint density at radius 2 is 1.86 bits per heavy atom. The molecule has 3 heteroatoms. The number of fused-ring (bicyclic) bond motifs is 1. The molecule has 29 heavy (non-hydrogen) atoms. The topological polar surface area (TPSA) is 60.7 Å². The van der Waals surface area contributed by atoms with Gasteiger partial charge in [0.25, 0.3) is 0 Å². The zero-order chi connectivity index (χ0) is 21.2. The first-order valence-corrected chi connectivity index (χ1v) is 11.6. The molecule has 0 radical (unpaired) electrons. The van der Waals surface area contributed by atoms with Gasteiger partial charge in [-0.05, 0) is 88.4 Å². The van der Waals surface area contributed by atoms with E-state index in [4.69, 9.17) is 0 Å². The van der Waals surface area contributed by atoms with Gasteiger partial charge in [-0.2, -0.15) is 0 Å². The van der Waals surface area contributed by atoms with Crippen molar-refractivity contribution in [1.29, 1.82) is 0 Å². The number of hydrogen-bond donors (Lipinski definition) is 3. The van der Waals surface area contributed by atoms with Gasteiger partial charge in [-0.1, -0.05) is 43.1 Å². The summed E-state index contributed by atoms with van der Waals surface area (Å²) in [5.41, 5.74) is 2.18. The van der Waals surface area contributed by atoms with Crippen molar-refractivity contribution in [3.05, 3.63) is 23.3 Å². The van der Waals surface area contributed by atoms with Crippen LogP contribution in [0.15, 0.2) is 23.3 Å². The maximum atomic E-state index is 9.95. The third-order valence-electron chi connectivity index (χ3n) is 7.62. The van der Waals surface area contributed by atoms with Crippen LogP contribution in [0.4, 0.5) is 0 Å². The van der Waals surface area contributed by atoms with Crippen LogP contribution in [0.25, 0.3) is 0 Å². The Hall–Kier alpha value is -1.08. The second-order valence-corrected chi connectivity index (χ2v) is 10.7. The van der Waals surface area contributed by atoms with Crippen LogP contribution in [0, 0.1) is 35.0 Å². The second-order valence-electron chi connectivity index (χ2n) is 10.7. The molecule has 0 aromatic heterocycles. The molecular formula is C26H40O3. The first-order valence-electron chi connectivity index (χ1n) is 11.6. The van der Waals surface area contributed by atoms with Gasteiger partial charge in [-0.25, -0.2) is 0 Å². The fraction of sp³-hybridized carbons (Fsp3) is 0.769. The van der Waals surface area contributed by atoms with Gasteiger partial charge in [0.05, 0.1) is 12.2 Å². The van der Waals surface area contributed by atoms with E-state index in [1.165, 1.54) is 37.7 Å². The van der Waals surface area contributed by atoms with Crippen molar-refractivity contribution >= 4 is 0 Å². The molecule has 3 saturated carbocycles. The molecule has 4 unspecified atom stereocenters. The van der Waals surface area contributed by atoms with Crippen molar-refractivity contribution in [1.82, 2.24) is 0 Å². The number of aliphatic hydroxyl groups excluding tert-OH is 2. The summed E-state index contributed by atoms with van der Waals surface area (Å²) in [6.07, 6.45) is 12.7. The average Bonchev–Trinajstić information content (AvgIpc) is 2.95. The molecule has 3 rings (SSSR count). The molecule has 3 fully saturated rings. The summed E-state index contributed by atoms with van der Waals surface area (Å²) in [4.78, 5) is 0. The quantitative estimate of drug-likeness (QED) is 0.599. The average molecular weight is 401 g/mol. The normalized spacial score (nSPS) is 39.1. The molecule has 3 aliphatic carbocycles. The fourth-order valence-electron chi connectivity index (χ4n) is 6.32. The summed E-state index contributed by atoms with van der Waals surface area (Å²) >= 11 is 0. The van der Waals surface area contributed by atoms with E-state index in [1.807, 2.05) is 0 Å². The third kappa shape index (κ3) is 5.54. The predicted molar refractivity (Wildman–Crippen MR) is 118 cm³/mol. The molecule has 0 aromatic rings. The highest BCUT2D eigenvalue weighted by Crippen LogP contribution is 2.59. The summed E-state index contributed by atoms with van der Waals surface area (Å²) in [5, 5.41) is 29.7. The summed E-state index contributed by atoms with van der Waals surface area (Å²) in [6, 6.07) is 0. The van der Waals surface area contributed by atoms with Gasteiger partial charge in [-0.15, -0.1) is 5.92 Å². The molecule has 3 nitrogen and oxygen atoms in total. The van der Waals surface area contributed by atoms with Crippen molar-refractivity contribution in [2.75, 3.05) is 0 Å². The number of hydrogen-bond acceptors (Lipinski definition) is 3. The van der Waals surface area contributed by atoms with Crippen molar-refractivity contribution in [3.8, 4) is 11.8 Å². The molecule has 0 saturated heterocycles. The maximum Gasteiger partial charge on any atom is 0.119 e. The Morgan fingerprint density at radius 1 is 1.17 bits per heavy atom. The molecule has 0 aliphatic heterocycles. The van der Waals surface area contributed by atoms with Gasteiger partial charge in [-0.3, -0.25) is 0 Å². The van der Waals surface area contributed by atoms with Crippen LogP contribution in [0.2, 0.25) is 0 Å². The lowest BCUT2D eigenvalue weighted by atomic mass is 9.61.